The van der Waals surface area contributed by atoms with Crippen LogP contribution < -0.4 is 0 Å². The third-order valence-corrected chi connectivity index (χ3v) is 8.04. The van der Waals surface area contributed by atoms with E-state index in [0.29, 0.717) is 29.7 Å². The lowest BCUT2D eigenvalue weighted by atomic mass is 10.1. The van der Waals surface area contributed by atoms with Gasteiger partial charge in [-0.2, -0.15) is 0 Å². The molecule has 4 rings (SSSR count). The van der Waals surface area contributed by atoms with Gasteiger partial charge in [0.05, 0.1) is 34.7 Å². The second kappa shape index (κ2) is 9.61. The molecule has 2 aromatic rings. The number of likely N-dealkylation sites (N-methyl/N-ethyl adjacent to an activating group) is 1. The van der Waals surface area contributed by atoms with E-state index in [9.17, 15) is 27.6 Å². The largest absolute Gasteiger partial charge is 0.449 e. The number of amides is 3. The molecule has 2 aliphatic heterocycles. The van der Waals surface area contributed by atoms with Crippen molar-refractivity contribution in [2.24, 2.45) is 0 Å². The number of imide groups is 1. The second-order valence-electron chi connectivity index (χ2n) is 8.67. The van der Waals surface area contributed by atoms with Gasteiger partial charge in [-0.15, -0.1) is 0 Å². The number of hydrogen-bond acceptors (Lipinski definition) is 7. The monoisotopic (exact) mass is 498 g/mol. The first kappa shape index (κ1) is 24.6. The summed E-state index contributed by atoms with van der Waals surface area (Å²) in [5.74, 6) is -2.03. The van der Waals surface area contributed by atoms with Crippen molar-refractivity contribution in [3.63, 3.8) is 0 Å². The third-order valence-electron chi connectivity index (χ3n) is 6.29. The number of nitrogens with zero attached hydrogens (tertiary/aromatic N) is 2. The van der Waals surface area contributed by atoms with Crippen LogP contribution >= 0.6 is 0 Å². The van der Waals surface area contributed by atoms with Crippen LogP contribution in [0.25, 0.3) is 0 Å². The van der Waals surface area contributed by atoms with Crippen LogP contribution in [0.3, 0.4) is 0 Å². The minimum Gasteiger partial charge on any atom is -0.449 e. The fourth-order valence-corrected chi connectivity index (χ4v) is 6.22. The predicted octanol–water partition coefficient (Wildman–Crippen LogP) is 2.06. The maximum Gasteiger partial charge on any atom is 0.338 e. The Hall–Kier alpha value is -3.53. The Labute approximate surface area is 203 Å². The first-order valence-electron chi connectivity index (χ1n) is 11.4. The van der Waals surface area contributed by atoms with Gasteiger partial charge in [0.2, 0.25) is 0 Å². The SMILES string of the molecule is CCN(C(=O)C(C)OC(=O)c1cccc(CN2C(=O)c3ccccc3C2=O)c1)C1CCS(=O)(=O)C1. The molecule has 35 heavy (non-hydrogen) atoms. The van der Waals surface area contributed by atoms with Gasteiger partial charge in [0.25, 0.3) is 17.7 Å². The molecule has 2 aromatic carbocycles. The minimum atomic E-state index is -3.17. The van der Waals surface area contributed by atoms with Gasteiger partial charge in [0, 0.05) is 12.6 Å². The Balaban J connectivity index is 1.42. The molecule has 2 heterocycles. The molecule has 10 heteroatoms. The molecule has 0 N–H and O–H groups in total. The number of benzene rings is 2. The van der Waals surface area contributed by atoms with Gasteiger partial charge in [-0.3, -0.25) is 19.3 Å². The maximum absolute atomic E-state index is 12.9. The van der Waals surface area contributed by atoms with E-state index in [0.717, 1.165) is 4.90 Å². The fourth-order valence-electron chi connectivity index (χ4n) is 4.49. The van der Waals surface area contributed by atoms with Crippen LogP contribution in [-0.2, 0) is 25.9 Å². The summed E-state index contributed by atoms with van der Waals surface area (Å²) < 4.78 is 29.0. The lowest BCUT2D eigenvalue weighted by Gasteiger charge is -2.29. The highest BCUT2D eigenvalue weighted by molar-refractivity contribution is 7.91. The summed E-state index contributed by atoms with van der Waals surface area (Å²) in [6.07, 6.45) is -0.742. The van der Waals surface area contributed by atoms with E-state index in [-0.39, 0.29) is 23.6 Å². The summed E-state index contributed by atoms with van der Waals surface area (Å²) in [5.41, 5.74) is 1.41. The van der Waals surface area contributed by atoms with Crippen molar-refractivity contribution in [2.45, 2.75) is 39.0 Å². The third kappa shape index (κ3) is 4.97. The number of carbonyl (C=O) groups excluding carboxylic acids is 4. The molecular formula is C25H26N2O7S. The van der Waals surface area contributed by atoms with Crippen molar-refractivity contribution in [3.05, 3.63) is 70.8 Å². The Bertz CT molecular complexity index is 1270. The molecule has 2 aliphatic rings. The van der Waals surface area contributed by atoms with Crippen LogP contribution in [0.5, 0.6) is 0 Å². The van der Waals surface area contributed by atoms with Crippen molar-refractivity contribution < 1.29 is 32.3 Å². The van der Waals surface area contributed by atoms with E-state index < -0.39 is 45.7 Å². The number of sulfone groups is 1. The van der Waals surface area contributed by atoms with E-state index in [2.05, 4.69) is 0 Å². The van der Waals surface area contributed by atoms with Crippen molar-refractivity contribution >= 4 is 33.5 Å². The molecule has 2 atom stereocenters. The standard InChI is InChI=1S/C25H26N2O7S/c1-3-26(19-11-12-35(32,33)15-19)22(28)16(2)34-25(31)18-8-6-7-17(13-18)14-27-23(29)20-9-4-5-10-21(20)24(27)30/h4-10,13,16,19H,3,11-12,14-15H2,1-2H3. The zero-order valence-electron chi connectivity index (χ0n) is 19.5. The summed E-state index contributed by atoms with van der Waals surface area (Å²) >= 11 is 0. The first-order chi connectivity index (χ1) is 16.6. The van der Waals surface area contributed by atoms with Crippen LogP contribution in [0.4, 0.5) is 0 Å². The van der Waals surface area contributed by atoms with Gasteiger partial charge < -0.3 is 9.64 Å². The van der Waals surface area contributed by atoms with Crippen LogP contribution in [-0.4, -0.2) is 72.1 Å². The van der Waals surface area contributed by atoms with Gasteiger partial charge in [-0.25, -0.2) is 13.2 Å². The highest BCUT2D eigenvalue weighted by Crippen LogP contribution is 2.25. The smallest absolute Gasteiger partial charge is 0.338 e. The van der Waals surface area contributed by atoms with Crippen molar-refractivity contribution in [3.8, 4) is 0 Å². The molecule has 0 aliphatic carbocycles. The number of hydrogen-bond donors (Lipinski definition) is 0. The second-order valence-corrected chi connectivity index (χ2v) is 10.9. The molecule has 1 saturated heterocycles. The van der Waals surface area contributed by atoms with Gasteiger partial charge in [-0.05, 0) is 50.1 Å². The molecular weight excluding hydrogens is 472 g/mol. The van der Waals surface area contributed by atoms with E-state index in [4.69, 9.17) is 4.74 Å². The molecule has 0 aromatic heterocycles. The van der Waals surface area contributed by atoms with Crippen LogP contribution in [0.15, 0.2) is 48.5 Å². The topological polar surface area (TPSA) is 118 Å². The minimum absolute atomic E-state index is 0.0122. The summed E-state index contributed by atoms with van der Waals surface area (Å²) in [7, 11) is -3.17. The Morgan fingerprint density at radius 1 is 1.09 bits per heavy atom. The summed E-state index contributed by atoms with van der Waals surface area (Å²) in [6, 6.07) is 12.5. The van der Waals surface area contributed by atoms with Gasteiger partial charge >= 0.3 is 5.97 Å². The lowest BCUT2D eigenvalue weighted by molar-refractivity contribution is -0.141. The molecule has 0 bridgehead atoms. The quantitative estimate of drug-likeness (QED) is 0.424. The zero-order valence-corrected chi connectivity index (χ0v) is 20.3. The van der Waals surface area contributed by atoms with E-state index in [1.165, 1.54) is 24.0 Å². The Morgan fingerprint density at radius 3 is 2.31 bits per heavy atom. The van der Waals surface area contributed by atoms with Crippen molar-refractivity contribution in [1.29, 1.82) is 0 Å². The highest BCUT2D eigenvalue weighted by atomic mass is 32.2. The normalized spacial score (nSPS) is 19.4. The first-order valence-corrected chi connectivity index (χ1v) is 13.2. The number of carbonyl (C=O) groups is 4. The van der Waals surface area contributed by atoms with Crippen LogP contribution in [0.1, 0.15) is 56.9 Å². The molecule has 3 amide bonds. The van der Waals surface area contributed by atoms with E-state index in [1.54, 1.807) is 43.3 Å². The average molecular weight is 499 g/mol. The highest BCUT2D eigenvalue weighted by Gasteiger charge is 2.37. The Morgan fingerprint density at radius 2 is 1.74 bits per heavy atom. The van der Waals surface area contributed by atoms with E-state index >= 15 is 0 Å². The van der Waals surface area contributed by atoms with Gasteiger partial charge in [0.15, 0.2) is 15.9 Å². The molecule has 0 radical (unpaired) electrons. The van der Waals surface area contributed by atoms with Crippen molar-refractivity contribution in [2.75, 3.05) is 18.1 Å². The molecule has 0 spiro atoms. The summed E-state index contributed by atoms with van der Waals surface area (Å²) in [4.78, 5) is 53.5. The van der Waals surface area contributed by atoms with E-state index in [1.807, 2.05) is 0 Å². The number of ether oxygens (including phenoxy) is 1. The summed E-state index contributed by atoms with van der Waals surface area (Å²) in [6.45, 7) is 3.49. The van der Waals surface area contributed by atoms with Gasteiger partial charge in [-0.1, -0.05) is 24.3 Å². The summed E-state index contributed by atoms with van der Waals surface area (Å²) in [5, 5.41) is 0. The zero-order chi connectivity index (χ0) is 25.3. The lowest BCUT2D eigenvalue weighted by Crippen LogP contribution is -2.46. The average Bonchev–Trinajstić information content (AvgIpc) is 3.31. The van der Waals surface area contributed by atoms with Crippen LogP contribution in [0, 0.1) is 0 Å². The predicted molar refractivity (Wildman–Crippen MR) is 126 cm³/mol. The fraction of sp³-hybridized carbons (Fsp3) is 0.360. The molecule has 184 valence electrons. The Kier molecular flexibility index (Phi) is 6.75. The van der Waals surface area contributed by atoms with Crippen LogP contribution in [0.2, 0.25) is 0 Å². The number of rotatable bonds is 7. The van der Waals surface area contributed by atoms with Gasteiger partial charge in [0.1, 0.15) is 0 Å². The van der Waals surface area contributed by atoms with Crippen molar-refractivity contribution in [1.82, 2.24) is 9.80 Å². The maximum atomic E-state index is 12.9. The molecule has 1 fully saturated rings. The molecule has 0 saturated carbocycles. The number of esters is 1. The molecule has 2 unspecified atom stereocenters. The number of fused-ring (bicyclic) bond motifs is 1. The molecule has 9 nitrogen and oxygen atoms in total.